The maximum Gasteiger partial charge on any atom is 0.417 e. The molecule has 0 aliphatic rings. The fourth-order valence-corrected chi connectivity index (χ4v) is 3.83. The second kappa shape index (κ2) is 8.49. The van der Waals surface area contributed by atoms with Crippen LogP contribution in [0.15, 0.2) is 47.5 Å². The number of halogens is 6. The Kier molecular flexibility index (Phi) is 6.36. The summed E-state index contributed by atoms with van der Waals surface area (Å²) in [4.78, 5) is 16.4. The van der Waals surface area contributed by atoms with E-state index in [1.807, 2.05) is 0 Å². The molecule has 0 unspecified atom stereocenters. The average Bonchev–Trinajstić information content (AvgIpc) is 2.66. The van der Waals surface area contributed by atoms with E-state index in [0.717, 1.165) is 6.07 Å². The highest BCUT2D eigenvalue weighted by atomic mass is 35.5. The van der Waals surface area contributed by atoms with Crippen LogP contribution in [0.4, 0.5) is 19.0 Å². The molecule has 30 heavy (non-hydrogen) atoms. The second-order valence-electron chi connectivity index (χ2n) is 6.52. The first kappa shape index (κ1) is 22.5. The van der Waals surface area contributed by atoms with E-state index in [9.17, 15) is 18.0 Å². The first-order chi connectivity index (χ1) is 14.0. The SMILES string of the molecule is Cc1c(Cc2c(Cl)cccc2Cl)c(=O)ccn1N(C)c1ncc(C(F)(F)F)cc1Cl. The Morgan fingerprint density at radius 1 is 1.07 bits per heavy atom. The number of benzene rings is 1. The van der Waals surface area contributed by atoms with Crippen LogP contribution in [0.3, 0.4) is 0 Å². The van der Waals surface area contributed by atoms with Gasteiger partial charge in [-0.05, 0) is 30.7 Å². The number of anilines is 1. The lowest BCUT2D eigenvalue weighted by Crippen LogP contribution is -2.31. The van der Waals surface area contributed by atoms with Crippen molar-refractivity contribution in [1.29, 1.82) is 0 Å². The molecule has 2 heterocycles. The van der Waals surface area contributed by atoms with Gasteiger partial charge in [-0.15, -0.1) is 0 Å². The molecule has 3 aromatic rings. The first-order valence-electron chi connectivity index (χ1n) is 8.61. The summed E-state index contributed by atoms with van der Waals surface area (Å²) >= 11 is 18.5. The Bertz CT molecular complexity index is 1140. The van der Waals surface area contributed by atoms with Crippen molar-refractivity contribution in [2.75, 3.05) is 12.1 Å². The van der Waals surface area contributed by atoms with Crippen LogP contribution in [-0.4, -0.2) is 16.7 Å². The molecule has 10 heteroatoms. The van der Waals surface area contributed by atoms with Crippen LogP contribution in [0, 0.1) is 6.92 Å². The molecule has 0 amide bonds. The summed E-state index contributed by atoms with van der Waals surface area (Å²) in [5, 5.41) is 2.13. The number of rotatable bonds is 4. The van der Waals surface area contributed by atoms with Crippen molar-refractivity contribution in [2.24, 2.45) is 0 Å². The van der Waals surface area contributed by atoms with Gasteiger partial charge < -0.3 is 0 Å². The second-order valence-corrected chi connectivity index (χ2v) is 7.74. The molecule has 0 aliphatic heterocycles. The van der Waals surface area contributed by atoms with Gasteiger partial charge in [0.1, 0.15) is 0 Å². The minimum Gasteiger partial charge on any atom is -0.290 e. The predicted octanol–water partition coefficient (Wildman–Crippen LogP) is 6.02. The minimum absolute atomic E-state index is 0.0955. The maximum atomic E-state index is 12.9. The number of hydrogen-bond donors (Lipinski definition) is 0. The van der Waals surface area contributed by atoms with Gasteiger partial charge in [-0.1, -0.05) is 40.9 Å². The average molecular weight is 477 g/mol. The Morgan fingerprint density at radius 3 is 2.27 bits per heavy atom. The molecule has 0 saturated heterocycles. The predicted molar refractivity (Wildman–Crippen MR) is 113 cm³/mol. The summed E-state index contributed by atoms with van der Waals surface area (Å²) in [6.07, 6.45) is -2.17. The topological polar surface area (TPSA) is 38.1 Å². The lowest BCUT2D eigenvalue weighted by molar-refractivity contribution is -0.137. The van der Waals surface area contributed by atoms with Crippen LogP contribution in [0.25, 0.3) is 0 Å². The van der Waals surface area contributed by atoms with Crippen molar-refractivity contribution in [3.63, 3.8) is 0 Å². The fourth-order valence-electron chi connectivity index (χ4n) is 3.01. The van der Waals surface area contributed by atoms with Crippen LogP contribution in [0.2, 0.25) is 15.1 Å². The number of pyridine rings is 2. The largest absolute Gasteiger partial charge is 0.417 e. The van der Waals surface area contributed by atoms with Crippen molar-refractivity contribution in [3.05, 3.63) is 90.4 Å². The van der Waals surface area contributed by atoms with Crippen LogP contribution < -0.4 is 10.4 Å². The van der Waals surface area contributed by atoms with E-state index in [2.05, 4.69) is 4.98 Å². The standard InChI is InChI=1S/C20H15Cl3F3N3O/c1-11-13(9-14-15(21)4-3-5-16(14)22)18(30)6-7-29(11)28(2)19-17(23)8-12(10-27-19)20(24,25)26/h3-8,10H,9H2,1-2H3. The lowest BCUT2D eigenvalue weighted by Gasteiger charge is -2.26. The van der Waals surface area contributed by atoms with Gasteiger partial charge in [-0.3, -0.25) is 14.5 Å². The summed E-state index contributed by atoms with van der Waals surface area (Å²) in [7, 11) is 1.57. The molecule has 0 aliphatic carbocycles. The van der Waals surface area contributed by atoms with E-state index >= 15 is 0 Å². The summed E-state index contributed by atoms with van der Waals surface area (Å²) in [5.41, 5.74) is 0.406. The molecular formula is C20H15Cl3F3N3O. The van der Waals surface area contributed by atoms with Crippen molar-refractivity contribution in [2.45, 2.75) is 19.5 Å². The Labute approximate surface area is 185 Å². The monoisotopic (exact) mass is 475 g/mol. The van der Waals surface area contributed by atoms with E-state index in [1.165, 1.54) is 17.3 Å². The first-order valence-corrected chi connectivity index (χ1v) is 9.75. The molecule has 0 radical (unpaired) electrons. The summed E-state index contributed by atoms with van der Waals surface area (Å²) in [6, 6.07) is 7.22. The van der Waals surface area contributed by atoms with Crippen LogP contribution in [0.1, 0.15) is 22.4 Å². The number of nitrogens with zero attached hydrogens (tertiary/aromatic N) is 3. The quantitative estimate of drug-likeness (QED) is 0.462. The highest BCUT2D eigenvalue weighted by Gasteiger charge is 2.32. The van der Waals surface area contributed by atoms with E-state index in [0.29, 0.717) is 33.1 Å². The maximum absolute atomic E-state index is 12.9. The molecule has 158 valence electrons. The number of aromatic nitrogens is 2. The van der Waals surface area contributed by atoms with Crippen LogP contribution in [-0.2, 0) is 12.6 Å². The van der Waals surface area contributed by atoms with E-state index in [1.54, 1.807) is 36.8 Å². The Hall–Kier alpha value is -2.22. The molecule has 0 spiro atoms. The molecular weight excluding hydrogens is 462 g/mol. The fraction of sp³-hybridized carbons (Fsp3) is 0.200. The third-order valence-corrected chi connectivity index (χ3v) is 5.63. The molecule has 1 aromatic carbocycles. The molecule has 2 aromatic heterocycles. The number of alkyl halides is 3. The molecule has 0 saturated carbocycles. The van der Waals surface area contributed by atoms with Crippen molar-refractivity contribution in [3.8, 4) is 0 Å². The van der Waals surface area contributed by atoms with Crippen molar-refractivity contribution >= 4 is 40.6 Å². The zero-order chi connectivity index (χ0) is 22.2. The van der Waals surface area contributed by atoms with Crippen molar-refractivity contribution < 1.29 is 13.2 Å². The van der Waals surface area contributed by atoms with E-state index in [4.69, 9.17) is 34.8 Å². The normalized spacial score (nSPS) is 11.6. The lowest BCUT2D eigenvalue weighted by atomic mass is 10.0. The van der Waals surface area contributed by atoms with Gasteiger partial charge in [0.2, 0.25) is 0 Å². The van der Waals surface area contributed by atoms with Crippen molar-refractivity contribution in [1.82, 2.24) is 9.66 Å². The highest BCUT2D eigenvalue weighted by Crippen LogP contribution is 2.33. The molecule has 0 atom stereocenters. The molecule has 0 bridgehead atoms. The summed E-state index contributed by atoms with van der Waals surface area (Å²) < 4.78 is 40.2. The van der Waals surface area contributed by atoms with Crippen LogP contribution in [0.5, 0.6) is 0 Å². The molecule has 0 N–H and O–H groups in total. The molecule has 3 rings (SSSR count). The van der Waals surface area contributed by atoms with Gasteiger partial charge in [0.15, 0.2) is 11.2 Å². The zero-order valence-electron chi connectivity index (χ0n) is 15.8. The third kappa shape index (κ3) is 4.43. The zero-order valence-corrected chi connectivity index (χ0v) is 18.0. The number of hydrogen-bond acceptors (Lipinski definition) is 3. The third-order valence-electron chi connectivity index (χ3n) is 4.64. The van der Waals surface area contributed by atoms with Gasteiger partial charge in [-0.2, -0.15) is 13.2 Å². The molecule has 4 nitrogen and oxygen atoms in total. The Balaban J connectivity index is 2.04. The van der Waals surface area contributed by atoms with Gasteiger partial charge >= 0.3 is 6.18 Å². The van der Waals surface area contributed by atoms with Gasteiger partial charge in [0.05, 0.1) is 10.6 Å². The van der Waals surface area contributed by atoms with Gasteiger partial charge in [0.25, 0.3) is 0 Å². The summed E-state index contributed by atoms with van der Waals surface area (Å²) in [6.45, 7) is 1.70. The molecule has 0 fully saturated rings. The Morgan fingerprint density at radius 2 is 1.70 bits per heavy atom. The smallest absolute Gasteiger partial charge is 0.290 e. The highest BCUT2D eigenvalue weighted by molar-refractivity contribution is 6.36. The minimum atomic E-state index is -4.55. The van der Waals surface area contributed by atoms with Crippen LogP contribution >= 0.6 is 34.8 Å². The summed E-state index contributed by atoms with van der Waals surface area (Å²) in [5.74, 6) is 0.0955. The van der Waals surface area contributed by atoms with E-state index in [-0.39, 0.29) is 22.7 Å². The van der Waals surface area contributed by atoms with E-state index < -0.39 is 11.7 Å². The van der Waals surface area contributed by atoms with Gasteiger partial charge in [0, 0.05) is 53.2 Å². The van der Waals surface area contributed by atoms with Gasteiger partial charge in [-0.25, -0.2) is 4.98 Å².